The van der Waals surface area contributed by atoms with E-state index < -0.39 is 11.0 Å². The van der Waals surface area contributed by atoms with Crippen LogP contribution >= 0.6 is 22.6 Å². The Labute approximate surface area is 117 Å². The SMILES string of the molecule is O=C(c1cc([N+](=O)[O-])ccc1I)N1CC[C@@H](O)C1. The summed E-state index contributed by atoms with van der Waals surface area (Å²) in [5, 5.41) is 20.1. The third-order valence-corrected chi connectivity index (χ3v) is 3.78. The van der Waals surface area contributed by atoms with E-state index in [1.54, 1.807) is 6.07 Å². The van der Waals surface area contributed by atoms with Crippen molar-refractivity contribution in [3.63, 3.8) is 0 Å². The maximum absolute atomic E-state index is 12.2. The van der Waals surface area contributed by atoms with Crippen molar-refractivity contribution >= 4 is 34.2 Å². The van der Waals surface area contributed by atoms with E-state index >= 15 is 0 Å². The first-order chi connectivity index (χ1) is 8.49. The number of amides is 1. The molecular formula is C11H11IN2O4. The smallest absolute Gasteiger partial charge is 0.270 e. The van der Waals surface area contributed by atoms with Gasteiger partial charge in [0.15, 0.2) is 0 Å². The number of hydrogen-bond acceptors (Lipinski definition) is 4. The van der Waals surface area contributed by atoms with Crippen LogP contribution in [0.5, 0.6) is 0 Å². The van der Waals surface area contributed by atoms with Crippen LogP contribution in [-0.2, 0) is 0 Å². The number of likely N-dealkylation sites (tertiary alicyclic amines) is 1. The van der Waals surface area contributed by atoms with Crippen molar-refractivity contribution in [3.8, 4) is 0 Å². The zero-order valence-corrected chi connectivity index (χ0v) is 11.5. The molecule has 0 aliphatic carbocycles. The molecule has 6 nitrogen and oxygen atoms in total. The van der Waals surface area contributed by atoms with E-state index in [-0.39, 0.29) is 18.1 Å². The lowest BCUT2D eigenvalue weighted by Crippen LogP contribution is -2.30. The average molecular weight is 362 g/mol. The Kier molecular flexibility index (Phi) is 3.81. The number of nitro benzene ring substituents is 1. The lowest BCUT2D eigenvalue weighted by molar-refractivity contribution is -0.384. The van der Waals surface area contributed by atoms with Gasteiger partial charge >= 0.3 is 0 Å². The zero-order chi connectivity index (χ0) is 13.3. The van der Waals surface area contributed by atoms with Gasteiger partial charge in [-0.3, -0.25) is 14.9 Å². The third-order valence-electron chi connectivity index (χ3n) is 2.84. The molecule has 1 aromatic carbocycles. The molecule has 1 saturated heterocycles. The number of β-amino-alcohol motifs (C(OH)–C–C–N with tert-alkyl or cyclic N) is 1. The minimum Gasteiger partial charge on any atom is -0.391 e. The molecule has 1 atom stereocenters. The quantitative estimate of drug-likeness (QED) is 0.490. The average Bonchev–Trinajstić information content (AvgIpc) is 2.75. The summed E-state index contributed by atoms with van der Waals surface area (Å²) in [6.07, 6.45) is 0.0577. The zero-order valence-electron chi connectivity index (χ0n) is 9.38. The first-order valence-electron chi connectivity index (χ1n) is 5.40. The fraction of sp³-hybridized carbons (Fsp3) is 0.364. The highest BCUT2D eigenvalue weighted by molar-refractivity contribution is 14.1. The number of non-ortho nitro benzene ring substituents is 1. The van der Waals surface area contributed by atoms with Gasteiger partial charge in [0.2, 0.25) is 0 Å². The molecule has 1 heterocycles. The Bertz CT molecular complexity index is 506. The van der Waals surface area contributed by atoms with Crippen molar-refractivity contribution < 1.29 is 14.8 Å². The van der Waals surface area contributed by atoms with Crippen LogP contribution in [-0.4, -0.2) is 40.0 Å². The molecule has 7 heteroatoms. The molecule has 96 valence electrons. The number of carbonyl (C=O) groups excluding carboxylic acids is 1. The summed E-state index contributed by atoms with van der Waals surface area (Å²) in [7, 11) is 0. The van der Waals surface area contributed by atoms with Crippen LogP contribution in [0.4, 0.5) is 5.69 Å². The molecule has 2 rings (SSSR count). The van der Waals surface area contributed by atoms with E-state index in [0.29, 0.717) is 22.1 Å². The van der Waals surface area contributed by atoms with Crippen molar-refractivity contribution in [2.24, 2.45) is 0 Å². The van der Waals surface area contributed by atoms with Crippen LogP contribution in [0.3, 0.4) is 0 Å². The normalized spacial score (nSPS) is 19.0. The lowest BCUT2D eigenvalue weighted by atomic mass is 10.2. The molecule has 1 aromatic rings. The van der Waals surface area contributed by atoms with Crippen molar-refractivity contribution in [1.29, 1.82) is 0 Å². The van der Waals surface area contributed by atoms with E-state index in [4.69, 9.17) is 0 Å². The van der Waals surface area contributed by atoms with Crippen molar-refractivity contribution in [1.82, 2.24) is 4.90 Å². The minimum absolute atomic E-state index is 0.0986. The Balaban J connectivity index is 2.29. The maximum atomic E-state index is 12.2. The molecular weight excluding hydrogens is 351 g/mol. The number of nitrogens with zero attached hydrogens (tertiary/aromatic N) is 2. The van der Waals surface area contributed by atoms with Crippen LogP contribution in [0.25, 0.3) is 0 Å². The van der Waals surface area contributed by atoms with Gasteiger partial charge in [-0.05, 0) is 35.1 Å². The molecule has 0 saturated carbocycles. The first-order valence-corrected chi connectivity index (χ1v) is 6.48. The van der Waals surface area contributed by atoms with Crippen LogP contribution in [0.2, 0.25) is 0 Å². The fourth-order valence-corrected chi connectivity index (χ4v) is 2.45. The van der Waals surface area contributed by atoms with Crippen LogP contribution in [0.1, 0.15) is 16.8 Å². The summed E-state index contributed by atoms with van der Waals surface area (Å²) < 4.78 is 0.671. The largest absolute Gasteiger partial charge is 0.391 e. The lowest BCUT2D eigenvalue weighted by Gasteiger charge is -2.16. The monoisotopic (exact) mass is 362 g/mol. The third kappa shape index (κ3) is 2.61. The molecule has 0 unspecified atom stereocenters. The highest BCUT2D eigenvalue weighted by Gasteiger charge is 2.27. The molecule has 1 amide bonds. The second kappa shape index (κ2) is 5.19. The van der Waals surface area contributed by atoms with E-state index in [0.717, 1.165) is 0 Å². The Hall–Kier alpha value is -1.22. The molecule has 1 N–H and O–H groups in total. The Morgan fingerprint density at radius 3 is 2.83 bits per heavy atom. The minimum atomic E-state index is -0.522. The summed E-state index contributed by atoms with van der Waals surface area (Å²) >= 11 is 1.97. The number of aliphatic hydroxyl groups is 1. The number of halogens is 1. The van der Waals surface area contributed by atoms with Gasteiger partial charge in [0.05, 0.1) is 16.6 Å². The van der Waals surface area contributed by atoms with E-state index in [1.165, 1.54) is 17.0 Å². The van der Waals surface area contributed by atoms with Gasteiger partial charge < -0.3 is 10.0 Å². The summed E-state index contributed by atoms with van der Waals surface area (Å²) in [6.45, 7) is 0.774. The fourth-order valence-electron chi connectivity index (χ4n) is 1.89. The standard InChI is InChI=1S/C11H11IN2O4/c12-10-2-1-7(14(17)18)5-9(10)11(16)13-4-3-8(15)6-13/h1-2,5,8,15H,3-4,6H2/t8-/m1/s1. The van der Waals surface area contributed by atoms with E-state index in [1.807, 2.05) is 22.6 Å². The number of aliphatic hydroxyl groups excluding tert-OH is 1. The number of hydrogen-bond donors (Lipinski definition) is 1. The molecule has 1 fully saturated rings. The maximum Gasteiger partial charge on any atom is 0.270 e. The summed E-state index contributed by atoms with van der Waals surface area (Å²) in [6, 6.07) is 4.21. The van der Waals surface area contributed by atoms with Crippen LogP contribution < -0.4 is 0 Å². The van der Waals surface area contributed by atoms with Gasteiger partial charge in [0.1, 0.15) is 0 Å². The van der Waals surface area contributed by atoms with Crippen molar-refractivity contribution in [3.05, 3.63) is 37.4 Å². The van der Waals surface area contributed by atoms with E-state index in [2.05, 4.69) is 0 Å². The molecule has 0 aromatic heterocycles. The first kappa shape index (κ1) is 13.2. The number of nitro groups is 1. The topological polar surface area (TPSA) is 83.7 Å². The van der Waals surface area contributed by atoms with Crippen LogP contribution in [0, 0.1) is 13.7 Å². The van der Waals surface area contributed by atoms with Gasteiger partial charge in [-0.25, -0.2) is 0 Å². The number of rotatable bonds is 2. The van der Waals surface area contributed by atoms with Gasteiger partial charge in [0.25, 0.3) is 11.6 Å². The van der Waals surface area contributed by atoms with Gasteiger partial charge in [-0.2, -0.15) is 0 Å². The van der Waals surface area contributed by atoms with Crippen molar-refractivity contribution in [2.75, 3.05) is 13.1 Å². The highest BCUT2D eigenvalue weighted by Crippen LogP contribution is 2.22. The molecule has 0 spiro atoms. The predicted octanol–water partition coefficient (Wildman–Crippen LogP) is 1.41. The molecule has 18 heavy (non-hydrogen) atoms. The summed E-state index contributed by atoms with van der Waals surface area (Å²) in [5.74, 6) is -0.264. The molecule has 0 radical (unpaired) electrons. The number of benzene rings is 1. The van der Waals surface area contributed by atoms with Gasteiger partial charge in [-0.1, -0.05) is 0 Å². The Morgan fingerprint density at radius 1 is 1.56 bits per heavy atom. The van der Waals surface area contributed by atoms with E-state index in [9.17, 15) is 20.0 Å². The molecule has 0 bridgehead atoms. The number of carbonyl (C=O) groups is 1. The van der Waals surface area contributed by atoms with Gasteiger partial charge in [0, 0.05) is 28.8 Å². The second-order valence-corrected chi connectivity index (χ2v) is 5.28. The van der Waals surface area contributed by atoms with Crippen LogP contribution in [0.15, 0.2) is 18.2 Å². The second-order valence-electron chi connectivity index (χ2n) is 4.11. The molecule has 1 aliphatic heterocycles. The highest BCUT2D eigenvalue weighted by atomic mass is 127. The predicted molar refractivity (Wildman–Crippen MR) is 72.3 cm³/mol. The Morgan fingerprint density at radius 2 is 2.28 bits per heavy atom. The summed E-state index contributed by atoms with van der Waals surface area (Å²) in [4.78, 5) is 23.9. The molecule has 1 aliphatic rings. The van der Waals surface area contributed by atoms with Crippen molar-refractivity contribution in [2.45, 2.75) is 12.5 Å². The van der Waals surface area contributed by atoms with Gasteiger partial charge in [-0.15, -0.1) is 0 Å². The summed E-state index contributed by atoms with van der Waals surface area (Å²) in [5.41, 5.74) is 0.220.